The van der Waals surface area contributed by atoms with Crippen molar-refractivity contribution in [3.8, 4) is 5.75 Å². The fourth-order valence-electron chi connectivity index (χ4n) is 2.09. The Labute approximate surface area is 149 Å². The Morgan fingerprint density at radius 3 is 2.65 bits per heavy atom. The molecule has 0 bridgehead atoms. The van der Waals surface area contributed by atoms with Crippen LogP contribution in [0.4, 0.5) is 4.79 Å². The summed E-state index contributed by atoms with van der Waals surface area (Å²) in [6, 6.07) is 3.77. The highest BCUT2D eigenvalue weighted by Gasteiger charge is 2.27. The molecule has 0 radical (unpaired) electrons. The van der Waals surface area contributed by atoms with Crippen molar-refractivity contribution < 1.29 is 23.9 Å². The van der Waals surface area contributed by atoms with E-state index in [1.54, 1.807) is 39.0 Å². The zero-order valence-electron chi connectivity index (χ0n) is 14.7. The average Bonchev–Trinajstić information content (AvgIpc) is 2.99. The van der Waals surface area contributed by atoms with Gasteiger partial charge < -0.3 is 20.5 Å². The van der Waals surface area contributed by atoms with E-state index in [1.807, 2.05) is 0 Å². The summed E-state index contributed by atoms with van der Waals surface area (Å²) in [5, 5.41) is 12.7. The molecule has 2 aromatic rings. The Balaban J connectivity index is 2.12. The number of fused-ring (bicyclic) bond motifs is 1. The first-order valence-corrected chi connectivity index (χ1v) is 7.95. The highest BCUT2D eigenvalue weighted by molar-refractivity contribution is 5.88. The Morgan fingerprint density at radius 2 is 2.00 bits per heavy atom. The number of aromatic nitrogens is 3. The van der Waals surface area contributed by atoms with Crippen molar-refractivity contribution in [1.82, 2.24) is 20.7 Å². The molecule has 0 fully saturated rings. The molecule has 0 unspecified atom stereocenters. The fourth-order valence-corrected chi connectivity index (χ4v) is 2.09. The Bertz CT molecular complexity index is 811. The summed E-state index contributed by atoms with van der Waals surface area (Å²) in [4.78, 5) is 35.5. The first-order valence-electron chi connectivity index (χ1n) is 7.95. The van der Waals surface area contributed by atoms with Crippen molar-refractivity contribution in [2.75, 3.05) is 0 Å². The van der Waals surface area contributed by atoms with Crippen LogP contribution in [0.1, 0.15) is 33.6 Å². The normalized spacial score (nSPS) is 12.4. The summed E-state index contributed by atoms with van der Waals surface area (Å²) in [6.07, 6.45) is -0.935. The van der Waals surface area contributed by atoms with Gasteiger partial charge in [0.1, 0.15) is 17.2 Å². The standard InChI is InChI=1S/C16H21N5O5/c1-16(2,3)26-15(24)18-10(7-8-12(17)22)14(23)25-11-6-4-5-9-13(11)20-21-19-9/h4-6,10H,7-8H2,1-3H3,(H2,17,22)(H,18,24)(H,19,20,21)/t10-/m0/s1. The van der Waals surface area contributed by atoms with E-state index in [1.165, 1.54) is 0 Å². The molecule has 0 saturated heterocycles. The number of ether oxygens (including phenoxy) is 2. The molecule has 2 amide bonds. The summed E-state index contributed by atoms with van der Waals surface area (Å²) < 4.78 is 10.5. The first kappa shape index (κ1) is 19.2. The van der Waals surface area contributed by atoms with E-state index < -0.39 is 29.6 Å². The highest BCUT2D eigenvalue weighted by Crippen LogP contribution is 2.22. The Kier molecular flexibility index (Phi) is 5.75. The average molecular weight is 363 g/mol. The van der Waals surface area contributed by atoms with Gasteiger partial charge in [-0.25, -0.2) is 9.59 Å². The smallest absolute Gasteiger partial charge is 0.408 e. The number of benzene rings is 1. The maximum Gasteiger partial charge on any atom is 0.408 e. The Morgan fingerprint density at radius 1 is 1.27 bits per heavy atom. The van der Waals surface area contributed by atoms with Crippen LogP contribution in [-0.2, 0) is 14.3 Å². The molecular formula is C16H21N5O5. The minimum Gasteiger partial charge on any atom is -0.444 e. The predicted molar refractivity (Wildman–Crippen MR) is 91.1 cm³/mol. The van der Waals surface area contributed by atoms with Gasteiger partial charge in [-0.05, 0) is 39.3 Å². The minimum absolute atomic E-state index is 0.0256. The third-order valence-electron chi connectivity index (χ3n) is 3.18. The van der Waals surface area contributed by atoms with E-state index in [4.69, 9.17) is 15.2 Å². The lowest BCUT2D eigenvalue weighted by Crippen LogP contribution is -2.45. The number of rotatable bonds is 6. The third kappa shape index (κ3) is 5.43. The monoisotopic (exact) mass is 363 g/mol. The number of nitrogens with zero attached hydrogens (tertiary/aromatic N) is 2. The summed E-state index contributed by atoms with van der Waals surface area (Å²) in [5.41, 5.74) is 5.27. The predicted octanol–water partition coefficient (Wildman–Crippen LogP) is 1.02. The van der Waals surface area contributed by atoms with Crippen LogP contribution in [0.5, 0.6) is 5.75 Å². The molecule has 2 rings (SSSR count). The molecule has 1 aromatic heterocycles. The van der Waals surface area contributed by atoms with E-state index in [0.29, 0.717) is 11.0 Å². The molecule has 1 aromatic carbocycles. The van der Waals surface area contributed by atoms with Crippen LogP contribution in [0.2, 0.25) is 0 Å². The first-order chi connectivity index (χ1) is 12.2. The van der Waals surface area contributed by atoms with Gasteiger partial charge in [0, 0.05) is 6.42 Å². The molecule has 0 saturated carbocycles. The van der Waals surface area contributed by atoms with Gasteiger partial charge in [-0.15, -0.1) is 0 Å². The number of hydrogen-bond donors (Lipinski definition) is 3. The lowest BCUT2D eigenvalue weighted by molar-refractivity contribution is -0.137. The number of nitrogens with one attached hydrogen (secondary N) is 2. The molecule has 1 atom stereocenters. The number of amides is 2. The number of H-pyrrole nitrogens is 1. The summed E-state index contributed by atoms with van der Waals surface area (Å²) >= 11 is 0. The van der Waals surface area contributed by atoms with Gasteiger partial charge in [-0.3, -0.25) is 4.79 Å². The third-order valence-corrected chi connectivity index (χ3v) is 3.18. The van der Waals surface area contributed by atoms with Crippen LogP contribution >= 0.6 is 0 Å². The van der Waals surface area contributed by atoms with Crippen LogP contribution in [-0.4, -0.2) is 45.0 Å². The number of hydrogen-bond acceptors (Lipinski definition) is 7. The highest BCUT2D eigenvalue weighted by atomic mass is 16.6. The van der Waals surface area contributed by atoms with Crippen LogP contribution in [0.3, 0.4) is 0 Å². The molecule has 10 heteroatoms. The lowest BCUT2D eigenvalue weighted by atomic mass is 10.1. The van der Waals surface area contributed by atoms with Crippen molar-refractivity contribution in [1.29, 1.82) is 0 Å². The van der Waals surface area contributed by atoms with Crippen LogP contribution < -0.4 is 15.8 Å². The van der Waals surface area contributed by atoms with Crippen molar-refractivity contribution >= 4 is 29.0 Å². The molecule has 4 N–H and O–H groups in total. The molecule has 0 aliphatic rings. The van der Waals surface area contributed by atoms with Crippen LogP contribution in [0, 0.1) is 0 Å². The second kappa shape index (κ2) is 7.81. The minimum atomic E-state index is -1.11. The topological polar surface area (TPSA) is 149 Å². The van der Waals surface area contributed by atoms with Crippen LogP contribution in [0.15, 0.2) is 18.2 Å². The number of nitrogens with two attached hydrogens (primary N) is 1. The van der Waals surface area contributed by atoms with Gasteiger partial charge in [0.05, 0.1) is 0 Å². The molecule has 26 heavy (non-hydrogen) atoms. The van der Waals surface area contributed by atoms with E-state index >= 15 is 0 Å². The van der Waals surface area contributed by atoms with E-state index in [-0.39, 0.29) is 18.6 Å². The number of para-hydroxylation sites is 1. The molecule has 140 valence electrons. The van der Waals surface area contributed by atoms with Gasteiger partial charge in [0.15, 0.2) is 11.3 Å². The largest absolute Gasteiger partial charge is 0.444 e. The number of carbonyl (C=O) groups excluding carboxylic acids is 3. The van der Waals surface area contributed by atoms with Gasteiger partial charge in [-0.2, -0.15) is 15.4 Å². The van der Waals surface area contributed by atoms with Gasteiger partial charge >= 0.3 is 12.1 Å². The quantitative estimate of drug-likeness (QED) is 0.512. The van der Waals surface area contributed by atoms with Gasteiger partial charge in [0.25, 0.3) is 0 Å². The van der Waals surface area contributed by atoms with E-state index in [0.717, 1.165) is 0 Å². The maximum atomic E-state index is 12.5. The number of primary amides is 1. The van der Waals surface area contributed by atoms with Crippen molar-refractivity contribution in [3.05, 3.63) is 18.2 Å². The Hall–Kier alpha value is -3.17. The molecule has 0 spiro atoms. The fraction of sp³-hybridized carbons (Fsp3) is 0.438. The lowest BCUT2D eigenvalue weighted by Gasteiger charge is -2.22. The molecule has 10 nitrogen and oxygen atoms in total. The van der Waals surface area contributed by atoms with Gasteiger partial charge in [0.2, 0.25) is 5.91 Å². The van der Waals surface area contributed by atoms with Crippen LogP contribution in [0.25, 0.3) is 11.0 Å². The number of alkyl carbamates (subject to hydrolysis) is 1. The molecule has 0 aliphatic heterocycles. The van der Waals surface area contributed by atoms with Crippen molar-refractivity contribution in [2.45, 2.75) is 45.3 Å². The maximum absolute atomic E-state index is 12.5. The summed E-state index contributed by atoms with van der Waals surface area (Å²) in [7, 11) is 0. The summed E-state index contributed by atoms with van der Waals surface area (Å²) in [5.74, 6) is -1.20. The number of esters is 1. The molecular weight excluding hydrogens is 342 g/mol. The van der Waals surface area contributed by atoms with E-state index in [9.17, 15) is 14.4 Å². The molecule has 0 aliphatic carbocycles. The van der Waals surface area contributed by atoms with E-state index in [2.05, 4.69) is 20.7 Å². The van der Waals surface area contributed by atoms with Crippen molar-refractivity contribution in [3.63, 3.8) is 0 Å². The SMILES string of the molecule is CC(C)(C)OC(=O)N[C@@H](CCC(N)=O)C(=O)Oc1cccc2n[nH]nc12. The number of aromatic amines is 1. The molecule has 1 heterocycles. The van der Waals surface area contributed by atoms with Gasteiger partial charge in [-0.1, -0.05) is 6.07 Å². The zero-order valence-corrected chi connectivity index (χ0v) is 14.7. The summed E-state index contributed by atoms with van der Waals surface area (Å²) in [6.45, 7) is 5.07. The second-order valence-electron chi connectivity index (χ2n) is 6.57. The second-order valence-corrected chi connectivity index (χ2v) is 6.57. The zero-order chi connectivity index (χ0) is 19.3. The van der Waals surface area contributed by atoms with Crippen molar-refractivity contribution in [2.24, 2.45) is 5.73 Å². The number of carbonyl (C=O) groups is 3.